The summed E-state index contributed by atoms with van der Waals surface area (Å²) < 4.78 is 41.2. The lowest BCUT2D eigenvalue weighted by Gasteiger charge is -2.36. The maximum absolute atomic E-state index is 12.6. The fraction of sp³-hybridized carbons (Fsp3) is 0.615. The van der Waals surface area contributed by atoms with Gasteiger partial charge in [-0.2, -0.15) is 0 Å². The van der Waals surface area contributed by atoms with Crippen molar-refractivity contribution in [2.45, 2.75) is 35.2 Å². The average molecular weight is 316 g/mol. The first-order valence-corrected chi connectivity index (χ1v) is 8.26. The number of carboxylic acids is 1. The third-order valence-corrected chi connectivity index (χ3v) is 6.09. The van der Waals surface area contributed by atoms with E-state index in [1.807, 2.05) is 0 Å². The summed E-state index contributed by atoms with van der Waals surface area (Å²) in [5, 5.41) is 7.89. The fourth-order valence-electron chi connectivity index (χ4n) is 2.86. The van der Waals surface area contributed by atoms with Crippen LogP contribution in [0, 0.1) is 0 Å². The highest BCUT2D eigenvalue weighted by molar-refractivity contribution is 7.91. The molecule has 1 N–H and O–H groups in total. The van der Waals surface area contributed by atoms with Gasteiger partial charge in [-0.05, 0) is 25.0 Å². The number of ether oxygens (including phenoxy) is 2. The van der Waals surface area contributed by atoms with Crippen LogP contribution in [-0.4, -0.2) is 50.2 Å². The molecule has 3 heterocycles. The largest absolute Gasteiger partial charge is 0.475 e. The molecule has 1 aromatic rings. The van der Waals surface area contributed by atoms with E-state index in [0.717, 1.165) is 6.07 Å². The van der Waals surface area contributed by atoms with Crippen LogP contribution >= 0.6 is 0 Å². The van der Waals surface area contributed by atoms with Crippen molar-refractivity contribution in [1.29, 1.82) is 0 Å². The minimum absolute atomic E-state index is 0.291. The predicted molar refractivity (Wildman–Crippen MR) is 70.0 cm³/mol. The summed E-state index contributed by atoms with van der Waals surface area (Å²) in [6.07, 6.45) is 1.39. The molecule has 0 aliphatic carbocycles. The van der Waals surface area contributed by atoms with Crippen LogP contribution in [0.25, 0.3) is 0 Å². The lowest BCUT2D eigenvalue weighted by molar-refractivity contribution is -0.0779. The highest BCUT2D eigenvalue weighted by atomic mass is 32.2. The summed E-state index contributed by atoms with van der Waals surface area (Å²) in [5.41, 5.74) is -0.530. The number of aromatic carboxylic acids is 1. The molecule has 2 fully saturated rings. The second-order valence-electron chi connectivity index (χ2n) is 5.42. The van der Waals surface area contributed by atoms with Crippen LogP contribution in [-0.2, 0) is 19.3 Å². The van der Waals surface area contributed by atoms with Gasteiger partial charge in [-0.3, -0.25) is 0 Å². The molecule has 0 saturated carbocycles. The van der Waals surface area contributed by atoms with Crippen LogP contribution in [0.3, 0.4) is 0 Å². The Kier molecular flexibility index (Phi) is 3.54. The Morgan fingerprint density at radius 3 is 2.76 bits per heavy atom. The van der Waals surface area contributed by atoms with Crippen molar-refractivity contribution in [2.24, 2.45) is 0 Å². The van der Waals surface area contributed by atoms with Gasteiger partial charge in [0, 0.05) is 19.6 Å². The minimum atomic E-state index is -3.70. The van der Waals surface area contributed by atoms with Gasteiger partial charge in [0.2, 0.25) is 20.7 Å². The van der Waals surface area contributed by atoms with Crippen molar-refractivity contribution >= 4 is 15.8 Å². The molecule has 0 radical (unpaired) electrons. The standard InChI is InChI=1S/C13H16O7S/c14-12(15)10-1-2-11(20-10)21(16,17)9-3-5-19-13(7-9)4-6-18-8-13/h1-2,9H,3-8H2,(H,14,15). The van der Waals surface area contributed by atoms with Gasteiger partial charge in [-0.1, -0.05) is 0 Å². The highest BCUT2D eigenvalue weighted by Crippen LogP contribution is 2.37. The van der Waals surface area contributed by atoms with Crippen molar-refractivity contribution in [3.63, 3.8) is 0 Å². The van der Waals surface area contributed by atoms with Crippen molar-refractivity contribution < 1.29 is 32.2 Å². The van der Waals surface area contributed by atoms with E-state index < -0.39 is 26.7 Å². The molecule has 2 aliphatic heterocycles. The monoisotopic (exact) mass is 316 g/mol. The first kappa shape index (κ1) is 14.6. The number of carboxylic acid groups (broad SMARTS) is 1. The van der Waals surface area contributed by atoms with E-state index in [2.05, 4.69) is 0 Å². The number of hydrogen-bond acceptors (Lipinski definition) is 6. The van der Waals surface area contributed by atoms with Crippen LogP contribution < -0.4 is 0 Å². The highest BCUT2D eigenvalue weighted by Gasteiger charge is 2.46. The molecule has 0 aromatic carbocycles. The molecule has 0 amide bonds. The van der Waals surface area contributed by atoms with Gasteiger partial charge in [-0.25, -0.2) is 13.2 Å². The minimum Gasteiger partial charge on any atom is -0.475 e. The third-order valence-electron chi connectivity index (χ3n) is 4.03. The molecule has 21 heavy (non-hydrogen) atoms. The van der Waals surface area contributed by atoms with Crippen molar-refractivity contribution in [1.82, 2.24) is 0 Å². The van der Waals surface area contributed by atoms with Crippen LogP contribution in [0.15, 0.2) is 21.6 Å². The lowest BCUT2D eigenvalue weighted by atomic mass is 9.93. The second kappa shape index (κ2) is 5.11. The van der Waals surface area contributed by atoms with Crippen molar-refractivity contribution in [3.8, 4) is 0 Å². The van der Waals surface area contributed by atoms with Gasteiger partial charge in [0.15, 0.2) is 0 Å². The zero-order valence-corrected chi connectivity index (χ0v) is 12.1. The van der Waals surface area contributed by atoms with Crippen LogP contribution in [0.2, 0.25) is 0 Å². The molecule has 1 spiro atoms. The van der Waals surface area contributed by atoms with Crippen LogP contribution in [0.5, 0.6) is 0 Å². The molecule has 0 bridgehead atoms. The molecular formula is C13H16O7S. The first-order valence-electron chi connectivity index (χ1n) is 6.72. The quantitative estimate of drug-likeness (QED) is 0.890. The fourth-order valence-corrected chi connectivity index (χ4v) is 4.59. The van der Waals surface area contributed by atoms with Gasteiger partial charge >= 0.3 is 5.97 Å². The third kappa shape index (κ3) is 2.58. The molecule has 3 rings (SSSR count). The molecular weight excluding hydrogens is 300 g/mol. The SMILES string of the molecule is O=C(O)c1ccc(S(=O)(=O)C2CCOC3(CCOC3)C2)o1. The normalized spacial score (nSPS) is 29.8. The molecule has 2 unspecified atom stereocenters. The zero-order chi connectivity index (χ0) is 15.1. The van der Waals surface area contributed by atoms with Gasteiger partial charge in [-0.15, -0.1) is 0 Å². The summed E-state index contributed by atoms with van der Waals surface area (Å²) in [4.78, 5) is 10.8. The Bertz CT molecular complexity index is 639. The molecule has 8 heteroatoms. The van der Waals surface area contributed by atoms with E-state index in [9.17, 15) is 13.2 Å². The maximum atomic E-state index is 12.6. The van der Waals surface area contributed by atoms with E-state index in [1.54, 1.807) is 0 Å². The molecule has 116 valence electrons. The van der Waals surface area contributed by atoms with Gasteiger partial charge < -0.3 is 19.0 Å². The van der Waals surface area contributed by atoms with E-state index in [4.69, 9.17) is 19.0 Å². The van der Waals surface area contributed by atoms with Crippen LogP contribution in [0.4, 0.5) is 0 Å². The molecule has 2 saturated heterocycles. The number of furan rings is 1. The average Bonchev–Trinajstić information content (AvgIpc) is 3.09. The topological polar surface area (TPSA) is 103 Å². The number of carbonyl (C=O) groups is 1. The lowest BCUT2D eigenvalue weighted by Crippen LogP contribution is -2.45. The first-order chi connectivity index (χ1) is 9.93. The summed E-state index contributed by atoms with van der Waals surface area (Å²) in [7, 11) is -3.70. The predicted octanol–water partition coefficient (Wildman–Crippen LogP) is 1.09. The number of hydrogen-bond donors (Lipinski definition) is 1. The van der Waals surface area contributed by atoms with Crippen molar-refractivity contribution in [2.75, 3.05) is 19.8 Å². The Hall–Kier alpha value is -1.38. The smallest absolute Gasteiger partial charge is 0.371 e. The Balaban J connectivity index is 1.85. The summed E-state index contributed by atoms with van der Waals surface area (Å²) >= 11 is 0. The van der Waals surface area contributed by atoms with E-state index in [1.165, 1.54) is 6.07 Å². The zero-order valence-electron chi connectivity index (χ0n) is 11.3. The number of sulfone groups is 1. The van der Waals surface area contributed by atoms with Crippen molar-refractivity contribution in [3.05, 3.63) is 17.9 Å². The number of rotatable bonds is 3. The molecule has 2 aliphatic rings. The molecule has 1 aromatic heterocycles. The Labute approximate surface area is 121 Å². The Morgan fingerprint density at radius 2 is 2.14 bits per heavy atom. The summed E-state index contributed by atoms with van der Waals surface area (Å²) in [6.45, 7) is 1.31. The Morgan fingerprint density at radius 1 is 1.33 bits per heavy atom. The molecule has 2 atom stereocenters. The summed E-state index contributed by atoms with van der Waals surface area (Å²) in [6, 6.07) is 2.36. The van der Waals surface area contributed by atoms with E-state index in [-0.39, 0.29) is 10.9 Å². The van der Waals surface area contributed by atoms with Gasteiger partial charge in [0.05, 0.1) is 17.5 Å². The maximum Gasteiger partial charge on any atom is 0.371 e. The van der Waals surface area contributed by atoms with E-state index >= 15 is 0 Å². The van der Waals surface area contributed by atoms with E-state index in [0.29, 0.717) is 39.1 Å². The molecule has 7 nitrogen and oxygen atoms in total. The van der Waals surface area contributed by atoms with Gasteiger partial charge in [0.25, 0.3) is 0 Å². The second-order valence-corrected chi connectivity index (χ2v) is 7.58. The summed E-state index contributed by atoms with van der Waals surface area (Å²) in [5.74, 6) is -1.66. The van der Waals surface area contributed by atoms with Gasteiger partial charge in [0.1, 0.15) is 0 Å². The van der Waals surface area contributed by atoms with Crippen LogP contribution in [0.1, 0.15) is 29.8 Å².